The second-order valence-electron chi connectivity index (χ2n) is 6.63. The Hall–Kier alpha value is -3.60. The second-order valence-corrected chi connectivity index (χ2v) is 6.63. The summed E-state index contributed by atoms with van der Waals surface area (Å²) in [6.07, 6.45) is 3.52. The van der Waals surface area contributed by atoms with Gasteiger partial charge in [0, 0.05) is 34.4 Å². The van der Waals surface area contributed by atoms with E-state index in [0.717, 1.165) is 16.6 Å². The number of nitrogens with zero attached hydrogens (tertiary/aromatic N) is 3. The normalized spacial score (nSPS) is 11.4. The maximum absolute atomic E-state index is 15.8. The van der Waals surface area contributed by atoms with Crippen molar-refractivity contribution in [2.75, 3.05) is 0 Å². The van der Waals surface area contributed by atoms with E-state index in [1.165, 1.54) is 6.07 Å². The van der Waals surface area contributed by atoms with Gasteiger partial charge in [-0.3, -0.25) is 4.98 Å². The first-order valence-electron chi connectivity index (χ1n) is 8.91. The summed E-state index contributed by atoms with van der Waals surface area (Å²) >= 11 is 0. The Bertz CT molecular complexity index is 1360. The lowest BCUT2D eigenvalue weighted by Crippen LogP contribution is -2.03. The third-order valence-corrected chi connectivity index (χ3v) is 4.99. The van der Waals surface area contributed by atoms with Crippen molar-refractivity contribution in [3.8, 4) is 16.9 Å². The van der Waals surface area contributed by atoms with Crippen LogP contribution < -0.4 is 0 Å². The van der Waals surface area contributed by atoms with E-state index in [4.69, 9.17) is 0 Å². The highest BCUT2D eigenvalue weighted by Crippen LogP contribution is 2.34. The van der Waals surface area contributed by atoms with Gasteiger partial charge in [-0.15, -0.1) is 0 Å². The van der Waals surface area contributed by atoms with Crippen LogP contribution in [0.3, 0.4) is 0 Å². The predicted molar refractivity (Wildman–Crippen MR) is 106 cm³/mol. The number of pyridine rings is 2. The summed E-state index contributed by atoms with van der Waals surface area (Å²) in [6, 6.07) is 17.2. The minimum atomic E-state index is -0.559. The molecule has 0 unspecified atom stereocenters. The number of fused-ring (bicyclic) bond motifs is 2. The fourth-order valence-electron chi connectivity index (χ4n) is 3.64. The molecule has 0 aliphatic carbocycles. The molecule has 0 amide bonds. The molecule has 5 heteroatoms. The minimum Gasteiger partial charge on any atom is -0.313 e. The molecule has 5 aromatic rings. The first-order valence-corrected chi connectivity index (χ1v) is 8.91. The molecule has 3 heterocycles. The van der Waals surface area contributed by atoms with Crippen LogP contribution >= 0.6 is 0 Å². The number of para-hydroxylation sites is 1. The monoisotopic (exact) mass is 371 g/mol. The fourth-order valence-corrected chi connectivity index (χ4v) is 3.64. The number of hydrogen-bond acceptors (Lipinski definition) is 2. The van der Waals surface area contributed by atoms with Gasteiger partial charge in [-0.2, -0.15) is 0 Å². The van der Waals surface area contributed by atoms with Crippen LogP contribution in [0.15, 0.2) is 73.1 Å². The minimum absolute atomic E-state index is 0.000530. The first-order chi connectivity index (χ1) is 13.6. The number of hydrogen-bond donors (Lipinski definition) is 0. The van der Waals surface area contributed by atoms with Gasteiger partial charge in [-0.1, -0.05) is 30.3 Å². The number of halogens is 2. The van der Waals surface area contributed by atoms with Crippen molar-refractivity contribution in [1.82, 2.24) is 14.5 Å². The van der Waals surface area contributed by atoms with Crippen LogP contribution in [0.1, 0.15) is 5.69 Å². The van der Waals surface area contributed by atoms with Gasteiger partial charge in [-0.05, 0) is 37.3 Å². The molecule has 0 atom stereocenters. The third-order valence-electron chi connectivity index (χ3n) is 4.99. The lowest BCUT2D eigenvalue weighted by Gasteiger charge is -2.14. The van der Waals surface area contributed by atoms with E-state index in [1.54, 1.807) is 35.0 Å². The number of aryl methyl sites for hydroxylation is 1. The lowest BCUT2D eigenvalue weighted by atomic mass is 10.1. The van der Waals surface area contributed by atoms with E-state index in [-0.39, 0.29) is 11.3 Å². The highest BCUT2D eigenvalue weighted by Gasteiger charge is 2.21. The highest BCUT2D eigenvalue weighted by atomic mass is 19.1. The van der Waals surface area contributed by atoms with Crippen molar-refractivity contribution < 1.29 is 8.78 Å². The summed E-state index contributed by atoms with van der Waals surface area (Å²) in [5, 5.41) is 1.60. The van der Waals surface area contributed by atoms with Gasteiger partial charge >= 0.3 is 0 Å². The molecule has 0 bridgehead atoms. The molecule has 0 aliphatic rings. The smallest absolute Gasteiger partial charge is 0.174 e. The van der Waals surface area contributed by atoms with Crippen molar-refractivity contribution in [3.05, 3.63) is 90.4 Å². The molecule has 136 valence electrons. The van der Waals surface area contributed by atoms with Crippen molar-refractivity contribution in [2.24, 2.45) is 0 Å². The van der Waals surface area contributed by atoms with E-state index in [9.17, 15) is 4.39 Å². The summed E-state index contributed by atoms with van der Waals surface area (Å²) in [5.74, 6) is -1.07. The van der Waals surface area contributed by atoms with Crippen molar-refractivity contribution >= 4 is 21.8 Å². The Morgan fingerprint density at radius 2 is 1.64 bits per heavy atom. The Kier molecular flexibility index (Phi) is 3.69. The van der Waals surface area contributed by atoms with Gasteiger partial charge in [0.1, 0.15) is 11.5 Å². The SMILES string of the molecule is Cc1nccc2c1ccn2-c1c(F)c(-c2ccccc2F)nc2ccccc12. The summed E-state index contributed by atoms with van der Waals surface area (Å²) in [4.78, 5) is 8.74. The average Bonchev–Trinajstić information content (AvgIpc) is 3.13. The predicted octanol–water partition coefficient (Wildman–Crippen LogP) is 5.83. The summed E-state index contributed by atoms with van der Waals surface area (Å²) in [6.45, 7) is 1.92. The van der Waals surface area contributed by atoms with Crippen molar-refractivity contribution in [1.29, 1.82) is 0 Å². The molecule has 0 saturated heterocycles. The quantitative estimate of drug-likeness (QED) is 0.391. The topological polar surface area (TPSA) is 30.7 Å². The maximum atomic E-state index is 15.8. The van der Waals surface area contributed by atoms with Crippen molar-refractivity contribution in [3.63, 3.8) is 0 Å². The molecule has 3 nitrogen and oxygen atoms in total. The summed E-state index contributed by atoms with van der Waals surface area (Å²) in [7, 11) is 0. The molecule has 0 N–H and O–H groups in total. The van der Waals surface area contributed by atoms with Crippen molar-refractivity contribution in [2.45, 2.75) is 6.92 Å². The van der Waals surface area contributed by atoms with Crippen LogP contribution in [0.2, 0.25) is 0 Å². The van der Waals surface area contributed by atoms with Crippen LogP contribution in [0.5, 0.6) is 0 Å². The Morgan fingerprint density at radius 1 is 0.857 bits per heavy atom. The standard InChI is InChI=1S/C23H15F2N3/c1-14-15-11-13-28(20(15)10-12-26-14)23-17-7-3-5-9-19(17)27-22(21(23)25)16-6-2-4-8-18(16)24/h2-13H,1H3. The molecule has 0 saturated carbocycles. The average molecular weight is 371 g/mol. The summed E-state index contributed by atoms with van der Waals surface area (Å²) in [5.41, 5.74) is 2.79. The zero-order valence-electron chi connectivity index (χ0n) is 15.0. The maximum Gasteiger partial charge on any atom is 0.174 e. The Labute approximate surface area is 159 Å². The molecule has 2 aromatic carbocycles. The number of rotatable bonds is 2. The molecular weight excluding hydrogens is 356 g/mol. The molecule has 0 spiro atoms. The largest absolute Gasteiger partial charge is 0.313 e. The molecule has 5 rings (SSSR count). The van der Waals surface area contributed by atoms with Crippen LogP contribution in [0.25, 0.3) is 38.8 Å². The van der Waals surface area contributed by atoms with Crippen LogP contribution in [0, 0.1) is 18.6 Å². The zero-order valence-corrected chi connectivity index (χ0v) is 15.0. The van der Waals surface area contributed by atoms with Gasteiger partial charge in [0.2, 0.25) is 0 Å². The highest BCUT2D eigenvalue weighted by molar-refractivity contribution is 5.93. The van der Waals surface area contributed by atoms with Gasteiger partial charge < -0.3 is 4.57 Å². The van der Waals surface area contributed by atoms with E-state index in [0.29, 0.717) is 16.6 Å². The van der Waals surface area contributed by atoms with Crippen LogP contribution in [-0.4, -0.2) is 14.5 Å². The van der Waals surface area contributed by atoms with Gasteiger partial charge in [-0.25, -0.2) is 13.8 Å². The van der Waals surface area contributed by atoms with Gasteiger partial charge in [0.15, 0.2) is 5.82 Å². The van der Waals surface area contributed by atoms with Gasteiger partial charge in [0.25, 0.3) is 0 Å². The van der Waals surface area contributed by atoms with Crippen LogP contribution in [0.4, 0.5) is 8.78 Å². The first kappa shape index (κ1) is 16.6. The molecular formula is C23H15F2N3. The Balaban J connectivity index is 1.92. The van der Waals surface area contributed by atoms with E-state index >= 15 is 4.39 Å². The van der Waals surface area contributed by atoms with E-state index < -0.39 is 11.6 Å². The van der Waals surface area contributed by atoms with E-state index in [1.807, 2.05) is 43.5 Å². The molecule has 28 heavy (non-hydrogen) atoms. The number of benzene rings is 2. The second kappa shape index (κ2) is 6.23. The summed E-state index contributed by atoms with van der Waals surface area (Å²) < 4.78 is 32.0. The Morgan fingerprint density at radius 3 is 2.50 bits per heavy atom. The zero-order chi connectivity index (χ0) is 19.3. The molecule has 0 radical (unpaired) electrons. The molecule has 3 aromatic heterocycles. The van der Waals surface area contributed by atoms with Crippen LogP contribution in [-0.2, 0) is 0 Å². The number of aromatic nitrogens is 3. The molecule has 0 aliphatic heterocycles. The lowest BCUT2D eigenvalue weighted by molar-refractivity contribution is 0.609. The third kappa shape index (κ3) is 2.40. The fraction of sp³-hybridized carbons (Fsp3) is 0.0435. The molecule has 0 fully saturated rings. The van der Waals surface area contributed by atoms with Gasteiger partial charge in [0.05, 0.1) is 16.7 Å². The van der Waals surface area contributed by atoms with E-state index in [2.05, 4.69) is 9.97 Å².